The van der Waals surface area contributed by atoms with Crippen molar-refractivity contribution >= 4 is 23.2 Å². The molecule has 0 aromatic carbocycles. The van der Waals surface area contributed by atoms with Gasteiger partial charge < -0.3 is 20.2 Å². The third-order valence-corrected chi connectivity index (χ3v) is 3.70. The molecule has 0 aliphatic rings. The first kappa shape index (κ1) is 15.3. The van der Waals surface area contributed by atoms with Crippen molar-refractivity contribution in [3.05, 3.63) is 46.5 Å². The molecule has 0 radical (unpaired) electrons. The topological polar surface area (TPSA) is 91.6 Å². The van der Waals surface area contributed by atoms with Crippen molar-refractivity contribution in [2.24, 2.45) is 0 Å². The molecule has 0 spiro atoms. The highest BCUT2D eigenvalue weighted by atomic mass is 32.1. The first-order valence-electron chi connectivity index (χ1n) is 6.34. The van der Waals surface area contributed by atoms with E-state index in [2.05, 4.69) is 10.6 Å². The minimum Gasteiger partial charge on any atom is -0.466 e. The number of amides is 2. The third-order valence-electron chi connectivity index (χ3n) is 2.84. The maximum atomic E-state index is 11.7. The molecule has 0 fully saturated rings. The van der Waals surface area contributed by atoms with Crippen LogP contribution in [0.5, 0.6) is 0 Å². The van der Waals surface area contributed by atoms with Crippen LogP contribution in [0.2, 0.25) is 0 Å². The molecular formula is C14H16N2O4S. The van der Waals surface area contributed by atoms with Gasteiger partial charge in [0, 0.05) is 0 Å². The van der Waals surface area contributed by atoms with Gasteiger partial charge in [-0.25, -0.2) is 0 Å². The third kappa shape index (κ3) is 4.17. The van der Waals surface area contributed by atoms with E-state index in [1.807, 2.05) is 0 Å². The molecule has 1 atom stereocenters. The van der Waals surface area contributed by atoms with Gasteiger partial charge in [0.1, 0.15) is 11.4 Å². The lowest BCUT2D eigenvalue weighted by Crippen LogP contribution is -2.43. The van der Waals surface area contributed by atoms with Gasteiger partial charge in [-0.05, 0) is 30.5 Å². The number of carbonyl (C=O) groups excluding carboxylic acids is 2. The van der Waals surface area contributed by atoms with Crippen LogP contribution in [0.1, 0.15) is 22.4 Å². The first-order chi connectivity index (χ1) is 9.99. The van der Waals surface area contributed by atoms with Crippen LogP contribution in [0.15, 0.2) is 40.3 Å². The minimum atomic E-state index is -1.29. The van der Waals surface area contributed by atoms with Crippen molar-refractivity contribution in [1.29, 1.82) is 0 Å². The summed E-state index contributed by atoms with van der Waals surface area (Å²) in [5.41, 5.74) is -1.29. The van der Waals surface area contributed by atoms with Crippen molar-refractivity contribution in [3.63, 3.8) is 0 Å². The molecular weight excluding hydrogens is 292 g/mol. The van der Waals surface area contributed by atoms with E-state index in [1.54, 1.807) is 29.6 Å². The molecule has 0 saturated heterocycles. The second-order valence-electron chi connectivity index (χ2n) is 4.69. The molecule has 1 unspecified atom stereocenters. The summed E-state index contributed by atoms with van der Waals surface area (Å²) in [5, 5.41) is 17.0. The number of thiophene rings is 1. The number of furan rings is 1. The van der Waals surface area contributed by atoms with E-state index in [4.69, 9.17) is 4.42 Å². The summed E-state index contributed by atoms with van der Waals surface area (Å²) in [5.74, 6) is -0.310. The Morgan fingerprint density at radius 1 is 1.33 bits per heavy atom. The van der Waals surface area contributed by atoms with E-state index in [0.717, 1.165) is 0 Å². The van der Waals surface area contributed by atoms with Crippen molar-refractivity contribution in [2.45, 2.75) is 12.5 Å². The molecule has 2 amide bonds. The van der Waals surface area contributed by atoms with Crippen LogP contribution in [0, 0.1) is 0 Å². The van der Waals surface area contributed by atoms with Gasteiger partial charge in [-0.15, -0.1) is 11.3 Å². The highest BCUT2D eigenvalue weighted by Gasteiger charge is 2.26. The van der Waals surface area contributed by atoms with Crippen LogP contribution in [0.25, 0.3) is 0 Å². The normalized spacial score (nSPS) is 13.4. The fourth-order valence-electron chi connectivity index (χ4n) is 1.66. The Morgan fingerprint density at radius 3 is 2.76 bits per heavy atom. The standard InChI is InChI=1S/C14H16N2O4S/c1-14(19,11-5-2-6-20-11)9-16-12(17)8-15-13(18)10-4-3-7-21-10/h2-7,19H,8-9H2,1H3,(H,15,18)(H,16,17). The fourth-order valence-corrected chi connectivity index (χ4v) is 2.30. The number of nitrogens with one attached hydrogen (secondary N) is 2. The maximum absolute atomic E-state index is 11.7. The summed E-state index contributed by atoms with van der Waals surface area (Å²) in [6.45, 7) is 1.38. The first-order valence-corrected chi connectivity index (χ1v) is 7.22. The number of hydrogen-bond acceptors (Lipinski definition) is 5. The van der Waals surface area contributed by atoms with Crippen molar-refractivity contribution in [1.82, 2.24) is 10.6 Å². The Kier molecular flexibility index (Phi) is 4.77. The summed E-state index contributed by atoms with van der Waals surface area (Å²) in [6.07, 6.45) is 1.45. The Bertz CT molecular complexity index is 591. The molecule has 0 bridgehead atoms. The summed E-state index contributed by atoms with van der Waals surface area (Å²) in [7, 11) is 0. The Morgan fingerprint density at radius 2 is 2.14 bits per heavy atom. The van der Waals surface area contributed by atoms with Gasteiger partial charge in [-0.1, -0.05) is 6.07 Å². The summed E-state index contributed by atoms with van der Waals surface area (Å²) in [6, 6.07) is 6.73. The monoisotopic (exact) mass is 308 g/mol. The highest BCUT2D eigenvalue weighted by molar-refractivity contribution is 7.12. The zero-order valence-electron chi connectivity index (χ0n) is 11.5. The van der Waals surface area contributed by atoms with Crippen molar-refractivity contribution < 1.29 is 19.1 Å². The lowest BCUT2D eigenvalue weighted by atomic mass is 10.0. The van der Waals surface area contributed by atoms with Crippen molar-refractivity contribution in [3.8, 4) is 0 Å². The zero-order valence-corrected chi connectivity index (χ0v) is 12.3. The summed E-state index contributed by atoms with van der Waals surface area (Å²) in [4.78, 5) is 23.9. The highest BCUT2D eigenvalue weighted by Crippen LogP contribution is 2.19. The largest absolute Gasteiger partial charge is 0.466 e. The SMILES string of the molecule is CC(O)(CNC(=O)CNC(=O)c1cccs1)c1ccco1. The van der Waals surface area contributed by atoms with E-state index < -0.39 is 5.60 Å². The predicted octanol–water partition coefficient (Wildman–Crippen LogP) is 1.09. The van der Waals surface area contributed by atoms with Crippen LogP contribution >= 0.6 is 11.3 Å². The van der Waals surface area contributed by atoms with Crippen LogP contribution in [0.4, 0.5) is 0 Å². The second-order valence-corrected chi connectivity index (χ2v) is 5.64. The molecule has 2 aromatic heterocycles. The number of carbonyl (C=O) groups is 2. The van der Waals surface area contributed by atoms with Gasteiger partial charge in [0.15, 0.2) is 0 Å². The summed E-state index contributed by atoms with van der Waals surface area (Å²) < 4.78 is 5.11. The van der Waals surface area contributed by atoms with Crippen LogP contribution in [0.3, 0.4) is 0 Å². The molecule has 21 heavy (non-hydrogen) atoms. The van der Waals surface area contributed by atoms with Crippen LogP contribution in [-0.4, -0.2) is 30.0 Å². The lowest BCUT2D eigenvalue weighted by molar-refractivity contribution is -0.121. The molecule has 2 heterocycles. The van der Waals surface area contributed by atoms with Gasteiger partial charge in [0.05, 0.1) is 24.2 Å². The second kappa shape index (κ2) is 6.55. The quantitative estimate of drug-likeness (QED) is 0.745. The molecule has 112 valence electrons. The molecule has 6 nitrogen and oxygen atoms in total. The molecule has 0 aliphatic carbocycles. The number of aliphatic hydroxyl groups is 1. The summed E-state index contributed by atoms with van der Waals surface area (Å²) >= 11 is 1.30. The van der Waals surface area contributed by atoms with Crippen LogP contribution in [-0.2, 0) is 10.4 Å². The molecule has 2 rings (SSSR count). The molecule has 2 aromatic rings. The molecule has 7 heteroatoms. The Balaban J connectivity index is 1.76. The van der Waals surface area contributed by atoms with Crippen LogP contribution < -0.4 is 10.6 Å². The van der Waals surface area contributed by atoms with E-state index in [-0.39, 0.29) is 24.9 Å². The van der Waals surface area contributed by atoms with Crippen molar-refractivity contribution in [2.75, 3.05) is 13.1 Å². The van der Waals surface area contributed by atoms with E-state index in [9.17, 15) is 14.7 Å². The average Bonchev–Trinajstić information content (AvgIpc) is 3.14. The smallest absolute Gasteiger partial charge is 0.261 e. The maximum Gasteiger partial charge on any atom is 0.261 e. The average molecular weight is 308 g/mol. The van der Waals surface area contributed by atoms with E-state index in [0.29, 0.717) is 10.6 Å². The van der Waals surface area contributed by atoms with E-state index in [1.165, 1.54) is 24.5 Å². The number of hydrogen-bond donors (Lipinski definition) is 3. The Labute approximate surface area is 125 Å². The van der Waals surface area contributed by atoms with Gasteiger partial charge >= 0.3 is 0 Å². The fraction of sp³-hybridized carbons (Fsp3) is 0.286. The lowest BCUT2D eigenvalue weighted by Gasteiger charge is -2.21. The molecule has 0 aliphatic heterocycles. The van der Waals surface area contributed by atoms with Gasteiger partial charge in [0.25, 0.3) is 5.91 Å². The van der Waals surface area contributed by atoms with Gasteiger partial charge in [-0.3, -0.25) is 9.59 Å². The predicted molar refractivity (Wildman–Crippen MR) is 77.9 cm³/mol. The zero-order chi connectivity index (χ0) is 15.3. The number of rotatable bonds is 6. The Hall–Kier alpha value is -2.12. The van der Waals surface area contributed by atoms with E-state index >= 15 is 0 Å². The molecule has 0 saturated carbocycles. The van der Waals surface area contributed by atoms with Gasteiger partial charge in [-0.2, -0.15) is 0 Å². The molecule has 3 N–H and O–H groups in total. The minimum absolute atomic E-state index is 0.00573. The van der Waals surface area contributed by atoms with Gasteiger partial charge in [0.2, 0.25) is 5.91 Å².